The highest BCUT2D eigenvalue weighted by molar-refractivity contribution is 5.96. The van der Waals surface area contributed by atoms with E-state index in [1.54, 1.807) is 30.1 Å². The average Bonchev–Trinajstić information content (AvgIpc) is 2.79. The molecule has 1 aliphatic rings. The van der Waals surface area contributed by atoms with Gasteiger partial charge >= 0.3 is 0 Å². The maximum absolute atomic E-state index is 11.3. The third-order valence-corrected chi connectivity index (χ3v) is 2.98. The summed E-state index contributed by atoms with van der Waals surface area (Å²) >= 11 is 0. The summed E-state index contributed by atoms with van der Waals surface area (Å²) in [7, 11) is 1.75. The van der Waals surface area contributed by atoms with Crippen LogP contribution in [0.25, 0.3) is 11.3 Å². The molecule has 0 saturated heterocycles. The van der Waals surface area contributed by atoms with Crippen LogP contribution in [-0.2, 0) is 11.8 Å². The van der Waals surface area contributed by atoms with Gasteiger partial charge in [0.1, 0.15) is 11.4 Å². The highest BCUT2D eigenvalue weighted by Crippen LogP contribution is 2.32. The van der Waals surface area contributed by atoms with Crippen molar-refractivity contribution in [2.75, 3.05) is 11.9 Å². The molecule has 0 atom stereocenters. The minimum Gasteiger partial charge on any atom is -0.482 e. The van der Waals surface area contributed by atoms with E-state index in [4.69, 9.17) is 4.74 Å². The fourth-order valence-electron chi connectivity index (χ4n) is 2.03. The van der Waals surface area contributed by atoms with Gasteiger partial charge in [-0.2, -0.15) is 0 Å². The number of carbonyl (C=O) groups is 2. The van der Waals surface area contributed by atoms with Crippen molar-refractivity contribution >= 4 is 17.9 Å². The van der Waals surface area contributed by atoms with Gasteiger partial charge in [0.05, 0.1) is 17.7 Å². The second-order valence-electron chi connectivity index (χ2n) is 4.25. The molecule has 0 saturated carbocycles. The Kier molecular flexibility index (Phi) is 2.56. The lowest BCUT2D eigenvalue weighted by atomic mass is 10.1. The quantitative estimate of drug-likeness (QED) is 0.821. The fourth-order valence-corrected chi connectivity index (χ4v) is 2.03. The number of rotatable bonds is 2. The molecular formula is C13H11N3O3. The van der Waals surface area contributed by atoms with Gasteiger partial charge < -0.3 is 14.6 Å². The zero-order chi connectivity index (χ0) is 13.4. The molecule has 0 bridgehead atoms. The summed E-state index contributed by atoms with van der Waals surface area (Å²) < 4.78 is 6.93. The number of carbonyl (C=O) groups excluding carboxylic acids is 2. The largest absolute Gasteiger partial charge is 0.482 e. The molecule has 19 heavy (non-hydrogen) atoms. The molecule has 0 fully saturated rings. The predicted octanol–water partition coefficient (Wildman–Crippen LogP) is 1.23. The fraction of sp³-hybridized carbons (Fsp3) is 0.154. The Bertz CT molecular complexity index is 676. The molecule has 6 heteroatoms. The van der Waals surface area contributed by atoms with Crippen LogP contribution >= 0.6 is 0 Å². The first-order valence-corrected chi connectivity index (χ1v) is 5.72. The summed E-state index contributed by atoms with van der Waals surface area (Å²) in [5.74, 6) is 0.424. The van der Waals surface area contributed by atoms with Crippen molar-refractivity contribution in [1.29, 1.82) is 0 Å². The van der Waals surface area contributed by atoms with Crippen molar-refractivity contribution in [3.05, 3.63) is 30.2 Å². The van der Waals surface area contributed by atoms with E-state index in [0.717, 1.165) is 11.8 Å². The summed E-state index contributed by atoms with van der Waals surface area (Å²) in [6.07, 6.45) is 2.34. The van der Waals surface area contributed by atoms with Crippen molar-refractivity contribution in [2.24, 2.45) is 7.05 Å². The molecule has 0 spiro atoms. The number of aromatic nitrogens is 2. The van der Waals surface area contributed by atoms with Crippen LogP contribution in [0.3, 0.4) is 0 Å². The number of nitrogens with zero attached hydrogens (tertiary/aromatic N) is 2. The minimum atomic E-state index is -0.193. The Balaban J connectivity index is 2.09. The summed E-state index contributed by atoms with van der Waals surface area (Å²) in [6, 6.07) is 5.32. The number of benzene rings is 1. The van der Waals surface area contributed by atoms with E-state index in [1.807, 2.05) is 6.07 Å². The number of amides is 1. The Morgan fingerprint density at radius 2 is 2.32 bits per heavy atom. The van der Waals surface area contributed by atoms with E-state index in [-0.39, 0.29) is 12.5 Å². The van der Waals surface area contributed by atoms with E-state index >= 15 is 0 Å². The van der Waals surface area contributed by atoms with Gasteiger partial charge in [0.15, 0.2) is 12.9 Å². The highest BCUT2D eigenvalue weighted by Gasteiger charge is 2.18. The maximum atomic E-state index is 11.3. The molecule has 0 aliphatic carbocycles. The smallest absolute Gasteiger partial charge is 0.262 e. The van der Waals surface area contributed by atoms with E-state index in [1.165, 1.54) is 0 Å². The van der Waals surface area contributed by atoms with Crippen LogP contribution in [0.1, 0.15) is 10.5 Å². The zero-order valence-corrected chi connectivity index (χ0v) is 10.2. The standard InChI is InChI=1S/C13H11N3O3/c1-16-7-14-13(10(16)5-17)8-2-3-11-9(4-8)15-12(18)6-19-11/h2-5,7H,6H2,1H3,(H,15,18). The molecule has 2 aromatic rings. The second-order valence-corrected chi connectivity index (χ2v) is 4.25. The number of anilines is 1. The lowest BCUT2D eigenvalue weighted by Crippen LogP contribution is -2.25. The first kappa shape index (κ1) is 11.5. The molecule has 1 amide bonds. The first-order valence-electron chi connectivity index (χ1n) is 5.72. The Morgan fingerprint density at radius 1 is 1.47 bits per heavy atom. The molecule has 1 aromatic carbocycles. The monoisotopic (exact) mass is 257 g/mol. The van der Waals surface area contributed by atoms with Crippen molar-refractivity contribution in [3.8, 4) is 17.0 Å². The number of fused-ring (bicyclic) bond motifs is 1. The number of nitrogens with one attached hydrogen (secondary N) is 1. The number of imidazole rings is 1. The van der Waals surface area contributed by atoms with Crippen molar-refractivity contribution in [1.82, 2.24) is 9.55 Å². The van der Waals surface area contributed by atoms with Gasteiger partial charge in [0.2, 0.25) is 0 Å². The molecule has 1 aromatic heterocycles. The SMILES string of the molecule is Cn1cnc(-c2ccc3c(c2)NC(=O)CO3)c1C=O. The lowest BCUT2D eigenvalue weighted by molar-refractivity contribution is -0.118. The summed E-state index contributed by atoms with van der Waals surface area (Å²) in [5.41, 5.74) is 2.42. The number of hydrogen-bond donors (Lipinski definition) is 1. The molecular weight excluding hydrogens is 246 g/mol. The van der Waals surface area contributed by atoms with Crippen LogP contribution in [0.15, 0.2) is 24.5 Å². The van der Waals surface area contributed by atoms with Crippen LogP contribution in [0.4, 0.5) is 5.69 Å². The second kappa shape index (κ2) is 4.24. The number of ether oxygens (including phenoxy) is 1. The van der Waals surface area contributed by atoms with E-state index in [0.29, 0.717) is 22.8 Å². The van der Waals surface area contributed by atoms with Gasteiger partial charge in [0.25, 0.3) is 5.91 Å². The third kappa shape index (κ3) is 1.87. The summed E-state index contributed by atoms with van der Waals surface area (Å²) in [5, 5.41) is 2.73. The first-order chi connectivity index (χ1) is 9.19. The minimum absolute atomic E-state index is 0.0233. The van der Waals surface area contributed by atoms with Gasteiger partial charge in [-0.1, -0.05) is 0 Å². The third-order valence-electron chi connectivity index (χ3n) is 2.98. The van der Waals surface area contributed by atoms with E-state index in [9.17, 15) is 9.59 Å². The van der Waals surface area contributed by atoms with Gasteiger partial charge in [-0.25, -0.2) is 4.98 Å². The van der Waals surface area contributed by atoms with Crippen LogP contribution in [0, 0.1) is 0 Å². The Morgan fingerprint density at radius 3 is 3.11 bits per heavy atom. The van der Waals surface area contributed by atoms with Crippen molar-refractivity contribution in [2.45, 2.75) is 0 Å². The van der Waals surface area contributed by atoms with Crippen LogP contribution in [0.2, 0.25) is 0 Å². The summed E-state index contributed by atoms with van der Waals surface area (Å²) in [6.45, 7) is 0.0233. The zero-order valence-electron chi connectivity index (χ0n) is 10.2. The van der Waals surface area contributed by atoms with Gasteiger partial charge in [-0.15, -0.1) is 0 Å². The molecule has 6 nitrogen and oxygen atoms in total. The maximum Gasteiger partial charge on any atom is 0.262 e. The number of aryl methyl sites for hydroxylation is 1. The van der Waals surface area contributed by atoms with Crippen LogP contribution in [0.5, 0.6) is 5.75 Å². The van der Waals surface area contributed by atoms with Crippen molar-refractivity contribution < 1.29 is 14.3 Å². The predicted molar refractivity (Wildman–Crippen MR) is 68.2 cm³/mol. The lowest BCUT2D eigenvalue weighted by Gasteiger charge is -2.18. The van der Waals surface area contributed by atoms with Gasteiger partial charge in [-0.05, 0) is 18.2 Å². The van der Waals surface area contributed by atoms with Crippen molar-refractivity contribution in [3.63, 3.8) is 0 Å². The number of aldehydes is 1. The van der Waals surface area contributed by atoms with Crippen LogP contribution < -0.4 is 10.1 Å². The molecule has 0 unspecified atom stereocenters. The van der Waals surface area contributed by atoms with Crippen LogP contribution in [-0.4, -0.2) is 28.4 Å². The molecule has 96 valence electrons. The Hall–Kier alpha value is -2.63. The molecule has 2 heterocycles. The summed E-state index contributed by atoms with van der Waals surface area (Å²) in [4.78, 5) is 26.6. The van der Waals surface area contributed by atoms with E-state index in [2.05, 4.69) is 10.3 Å². The van der Waals surface area contributed by atoms with Gasteiger partial charge in [0, 0.05) is 12.6 Å². The number of hydrogen-bond acceptors (Lipinski definition) is 4. The topological polar surface area (TPSA) is 73.2 Å². The normalized spacial score (nSPS) is 13.4. The Labute approximate surface area is 109 Å². The molecule has 0 radical (unpaired) electrons. The van der Waals surface area contributed by atoms with Gasteiger partial charge in [-0.3, -0.25) is 9.59 Å². The van der Waals surface area contributed by atoms with E-state index < -0.39 is 0 Å². The highest BCUT2D eigenvalue weighted by atomic mass is 16.5. The molecule has 3 rings (SSSR count). The molecule has 1 N–H and O–H groups in total. The average molecular weight is 257 g/mol. The molecule has 1 aliphatic heterocycles.